The number of hydrogen-bond donors (Lipinski definition) is 2. The molecule has 0 saturated heterocycles. The van der Waals surface area contributed by atoms with Crippen molar-refractivity contribution in [3.63, 3.8) is 0 Å². The molecule has 19 heavy (non-hydrogen) atoms. The Bertz CT molecular complexity index is 537. The number of rotatable bonds is 2. The number of pyridine rings is 2. The molecule has 2 heterocycles. The number of nitrogens with zero attached hydrogens (tertiary/aromatic N) is 2. The van der Waals surface area contributed by atoms with Crippen molar-refractivity contribution < 1.29 is 19.8 Å². The van der Waals surface area contributed by atoms with E-state index in [0.29, 0.717) is 0 Å². The summed E-state index contributed by atoms with van der Waals surface area (Å²) in [6.45, 7) is 1.97. The molecule has 6 heteroatoms. The van der Waals surface area contributed by atoms with Crippen LogP contribution in [0.15, 0.2) is 42.7 Å². The first kappa shape index (κ1) is 14.3. The van der Waals surface area contributed by atoms with Crippen LogP contribution < -0.4 is 0 Å². The van der Waals surface area contributed by atoms with Crippen LogP contribution in [0.5, 0.6) is 0 Å². The molecule has 98 valence electrons. The number of aromatic nitrogens is 2. The molecule has 0 saturated carbocycles. The van der Waals surface area contributed by atoms with Gasteiger partial charge in [-0.05, 0) is 31.2 Å². The molecule has 0 fully saturated rings. The summed E-state index contributed by atoms with van der Waals surface area (Å²) in [6, 6.07) is 8.42. The number of carboxylic acids is 2. The lowest BCUT2D eigenvalue weighted by atomic mass is 10.2. The molecule has 0 aliphatic rings. The second kappa shape index (κ2) is 6.85. The molecule has 0 atom stereocenters. The third-order valence-electron chi connectivity index (χ3n) is 2.05. The second-order valence-electron chi connectivity index (χ2n) is 3.48. The fourth-order valence-corrected chi connectivity index (χ4v) is 1.20. The van der Waals surface area contributed by atoms with Crippen LogP contribution in [-0.4, -0.2) is 32.1 Å². The van der Waals surface area contributed by atoms with Gasteiger partial charge in [0.2, 0.25) is 0 Å². The predicted octanol–water partition coefficient (Wildman–Crippen LogP) is 1.87. The molecule has 2 aromatic rings. The number of carbonyl (C=O) groups is 2. The van der Waals surface area contributed by atoms with E-state index in [4.69, 9.17) is 10.2 Å². The zero-order valence-electron chi connectivity index (χ0n) is 10.1. The zero-order valence-corrected chi connectivity index (χ0v) is 10.1. The maximum atomic E-state index is 10.4. The van der Waals surface area contributed by atoms with Gasteiger partial charge in [0.15, 0.2) is 5.69 Å². The quantitative estimate of drug-likeness (QED) is 0.854. The van der Waals surface area contributed by atoms with Gasteiger partial charge in [-0.3, -0.25) is 4.98 Å². The fourth-order valence-electron chi connectivity index (χ4n) is 1.20. The molecule has 0 aliphatic heterocycles. The Balaban J connectivity index is 0.000000218. The van der Waals surface area contributed by atoms with Crippen molar-refractivity contribution in [3.8, 4) is 0 Å². The van der Waals surface area contributed by atoms with Crippen LogP contribution in [0.25, 0.3) is 0 Å². The summed E-state index contributed by atoms with van der Waals surface area (Å²) in [6.07, 6.45) is 3.02. The Morgan fingerprint density at radius 1 is 0.947 bits per heavy atom. The van der Waals surface area contributed by atoms with Crippen LogP contribution in [0.3, 0.4) is 0 Å². The number of carboxylic acid groups (broad SMARTS) is 2. The SMILES string of the molecule is Cc1ccccn1.O=C(O)c1cccnc1C(=O)O. The maximum absolute atomic E-state index is 10.4. The van der Waals surface area contributed by atoms with Gasteiger partial charge in [-0.25, -0.2) is 14.6 Å². The van der Waals surface area contributed by atoms with Gasteiger partial charge in [0.1, 0.15) is 0 Å². The van der Waals surface area contributed by atoms with Gasteiger partial charge in [0.25, 0.3) is 0 Å². The highest BCUT2D eigenvalue weighted by atomic mass is 16.4. The van der Waals surface area contributed by atoms with Gasteiger partial charge in [-0.2, -0.15) is 0 Å². The summed E-state index contributed by atoms with van der Waals surface area (Å²) >= 11 is 0. The van der Waals surface area contributed by atoms with E-state index in [1.807, 2.05) is 25.1 Å². The molecule has 6 nitrogen and oxygen atoms in total. The van der Waals surface area contributed by atoms with Crippen LogP contribution in [0, 0.1) is 6.92 Å². The minimum atomic E-state index is -1.34. The maximum Gasteiger partial charge on any atom is 0.355 e. The van der Waals surface area contributed by atoms with E-state index in [2.05, 4.69) is 9.97 Å². The Kier molecular flexibility index (Phi) is 5.16. The van der Waals surface area contributed by atoms with Crippen molar-refractivity contribution >= 4 is 11.9 Å². The smallest absolute Gasteiger partial charge is 0.355 e. The highest BCUT2D eigenvalue weighted by Gasteiger charge is 2.15. The van der Waals surface area contributed by atoms with E-state index in [9.17, 15) is 9.59 Å². The lowest BCUT2D eigenvalue weighted by Crippen LogP contribution is -2.09. The summed E-state index contributed by atoms with van der Waals surface area (Å²) in [5.41, 5.74) is 0.331. The standard InChI is InChI=1S/C7H5NO4.C6H7N/c9-6(10)4-2-1-3-8-5(4)7(11)12;1-6-4-2-3-5-7-6/h1-3H,(H,9,10)(H,11,12);2-5H,1H3. The molecule has 0 spiro atoms. The van der Waals surface area contributed by atoms with Gasteiger partial charge < -0.3 is 10.2 Å². The number of aryl methyl sites for hydroxylation is 1. The van der Waals surface area contributed by atoms with Crippen molar-refractivity contribution in [2.24, 2.45) is 0 Å². The van der Waals surface area contributed by atoms with Crippen LogP contribution >= 0.6 is 0 Å². The van der Waals surface area contributed by atoms with Gasteiger partial charge >= 0.3 is 11.9 Å². The third kappa shape index (κ3) is 4.55. The molecule has 2 N–H and O–H groups in total. The second-order valence-corrected chi connectivity index (χ2v) is 3.48. The molecule has 0 aromatic carbocycles. The molecule has 0 unspecified atom stereocenters. The fraction of sp³-hybridized carbons (Fsp3) is 0.0769. The average molecular weight is 260 g/mol. The minimum absolute atomic E-state index is 0.301. The summed E-state index contributed by atoms with van der Waals surface area (Å²) in [4.78, 5) is 28.2. The molecule has 2 aromatic heterocycles. The van der Waals surface area contributed by atoms with Crippen molar-refractivity contribution in [3.05, 3.63) is 59.7 Å². The summed E-state index contributed by atoms with van der Waals surface area (Å²) in [5, 5.41) is 17.0. The van der Waals surface area contributed by atoms with E-state index in [1.54, 1.807) is 6.20 Å². The first-order valence-corrected chi connectivity index (χ1v) is 5.31. The normalized spacial score (nSPS) is 9.11. The summed E-state index contributed by atoms with van der Waals surface area (Å²) in [7, 11) is 0. The summed E-state index contributed by atoms with van der Waals surface area (Å²) < 4.78 is 0. The Morgan fingerprint density at radius 2 is 1.63 bits per heavy atom. The van der Waals surface area contributed by atoms with E-state index in [0.717, 1.165) is 5.69 Å². The van der Waals surface area contributed by atoms with E-state index in [-0.39, 0.29) is 5.56 Å². The molecule has 0 amide bonds. The van der Waals surface area contributed by atoms with Crippen LogP contribution in [0.4, 0.5) is 0 Å². The van der Waals surface area contributed by atoms with Gasteiger partial charge in [-0.15, -0.1) is 0 Å². The number of hydrogen-bond acceptors (Lipinski definition) is 4. The van der Waals surface area contributed by atoms with E-state index < -0.39 is 17.6 Å². The summed E-state index contributed by atoms with van der Waals surface area (Å²) in [5.74, 6) is -2.63. The monoisotopic (exact) mass is 260 g/mol. The Hall–Kier alpha value is -2.76. The molecular formula is C13H12N2O4. The van der Waals surface area contributed by atoms with Crippen molar-refractivity contribution in [1.82, 2.24) is 9.97 Å². The van der Waals surface area contributed by atoms with Crippen LogP contribution in [0.1, 0.15) is 26.5 Å². The van der Waals surface area contributed by atoms with Crippen molar-refractivity contribution in [1.29, 1.82) is 0 Å². The first-order valence-electron chi connectivity index (χ1n) is 5.31. The molecular weight excluding hydrogens is 248 g/mol. The van der Waals surface area contributed by atoms with E-state index >= 15 is 0 Å². The first-order chi connectivity index (χ1) is 9.02. The Labute approximate surface area is 109 Å². The van der Waals surface area contributed by atoms with Gasteiger partial charge in [0.05, 0.1) is 5.56 Å². The molecule has 0 radical (unpaired) electrons. The van der Waals surface area contributed by atoms with E-state index in [1.165, 1.54) is 18.3 Å². The van der Waals surface area contributed by atoms with Gasteiger partial charge in [-0.1, -0.05) is 6.07 Å². The van der Waals surface area contributed by atoms with Crippen molar-refractivity contribution in [2.75, 3.05) is 0 Å². The minimum Gasteiger partial charge on any atom is -0.478 e. The lowest BCUT2D eigenvalue weighted by molar-refractivity contribution is 0.0646. The van der Waals surface area contributed by atoms with Crippen LogP contribution in [0.2, 0.25) is 0 Å². The zero-order chi connectivity index (χ0) is 14.3. The Morgan fingerprint density at radius 3 is 2.00 bits per heavy atom. The lowest BCUT2D eigenvalue weighted by Gasteiger charge is -1.97. The van der Waals surface area contributed by atoms with Crippen LogP contribution in [-0.2, 0) is 0 Å². The third-order valence-corrected chi connectivity index (χ3v) is 2.05. The molecule has 0 aliphatic carbocycles. The highest BCUT2D eigenvalue weighted by molar-refractivity contribution is 5.99. The number of aromatic carboxylic acids is 2. The average Bonchev–Trinajstić information content (AvgIpc) is 2.40. The topological polar surface area (TPSA) is 100 Å². The molecule has 2 rings (SSSR count). The van der Waals surface area contributed by atoms with Crippen molar-refractivity contribution in [2.45, 2.75) is 6.92 Å². The highest BCUT2D eigenvalue weighted by Crippen LogP contribution is 2.04. The molecule has 0 bridgehead atoms. The predicted molar refractivity (Wildman–Crippen MR) is 67.1 cm³/mol. The van der Waals surface area contributed by atoms with Gasteiger partial charge in [0, 0.05) is 18.1 Å². The largest absolute Gasteiger partial charge is 0.478 e.